The van der Waals surface area contributed by atoms with Crippen molar-refractivity contribution in [2.24, 2.45) is 0 Å². The van der Waals surface area contributed by atoms with Crippen molar-refractivity contribution in [3.8, 4) is 0 Å². The zero-order valence-corrected chi connectivity index (χ0v) is 20.5. The van der Waals surface area contributed by atoms with Crippen LogP contribution < -0.4 is 5.32 Å². The van der Waals surface area contributed by atoms with Crippen LogP contribution >= 0.6 is 23.2 Å². The molecule has 0 spiro atoms. The Morgan fingerprint density at radius 3 is 2.21 bits per heavy atom. The first-order valence-corrected chi connectivity index (χ1v) is 12.4. The average Bonchev–Trinajstić information content (AvgIpc) is 2.99. The van der Waals surface area contributed by atoms with Gasteiger partial charge in [0.05, 0.1) is 23.3 Å². The molecule has 1 aromatic carbocycles. The van der Waals surface area contributed by atoms with Crippen molar-refractivity contribution in [2.45, 2.75) is 38.1 Å². The highest BCUT2D eigenvalue weighted by atomic mass is 35.5. The fourth-order valence-corrected chi connectivity index (χ4v) is 5.03. The molecular formula is C23H31Cl2N5O3. The molecule has 8 nitrogen and oxygen atoms in total. The van der Waals surface area contributed by atoms with E-state index in [-0.39, 0.29) is 18.5 Å². The highest BCUT2D eigenvalue weighted by molar-refractivity contribution is 6.42. The molecule has 0 unspecified atom stereocenters. The number of hydrogen-bond acceptors (Lipinski definition) is 5. The zero-order valence-electron chi connectivity index (χ0n) is 19.0. The summed E-state index contributed by atoms with van der Waals surface area (Å²) < 4.78 is 0. The third kappa shape index (κ3) is 5.29. The van der Waals surface area contributed by atoms with Gasteiger partial charge < -0.3 is 10.2 Å². The molecule has 180 valence electrons. The van der Waals surface area contributed by atoms with E-state index in [2.05, 4.69) is 15.1 Å². The first-order valence-electron chi connectivity index (χ1n) is 11.6. The summed E-state index contributed by atoms with van der Waals surface area (Å²) in [5.74, 6) is -0.110. The highest BCUT2D eigenvalue weighted by Crippen LogP contribution is 2.33. The van der Waals surface area contributed by atoms with Crippen LogP contribution in [0.3, 0.4) is 0 Å². The number of nitrogens with zero attached hydrogens (tertiary/aromatic N) is 4. The molecule has 0 saturated carbocycles. The summed E-state index contributed by atoms with van der Waals surface area (Å²) >= 11 is 12.1. The number of carbonyl (C=O) groups excluding carboxylic acids is 3. The number of amides is 4. The van der Waals surface area contributed by atoms with Gasteiger partial charge in [0, 0.05) is 39.3 Å². The molecule has 3 fully saturated rings. The van der Waals surface area contributed by atoms with E-state index in [9.17, 15) is 14.4 Å². The van der Waals surface area contributed by atoms with Crippen molar-refractivity contribution in [2.75, 3.05) is 52.5 Å². The summed E-state index contributed by atoms with van der Waals surface area (Å²) in [5.41, 5.74) is -0.596. The molecule has 0 aromatic heterocycles. The van der Waals surface area contributed by atoms with Crippen LogP contribution in [-0.2, 0) is 15.1 Å². The lowest BCUT2D eigenvalue weighted by atomic mass is 9.92. The molecule has 10 heteroatoms. The van der Waals surface area contributed by atoms with Gasteiger partial charge in [-0.3, -0.25) is 19.4 Å². The molecule has 4 rings (SSSR count). The van der Waals surface area contributed by atoms with Crippen LogP contribution in [-0.4, -0.2) is 89.9 Å². The number of halogens is 2. The lowest BCUT2D eigenvalue weighted by Gasteiger charge is -2.36. The Balaban J connectivity index is 1.31. The van der Waals surface area contributed by atoms with Crippen LogP contribution in [0.2, 0.25) is 10.0 Å². The molecule has 3 aliphatic rings. The minimum atomic E-state index is -1.19. The number of nitrogens with one attached hydrogen (secondary N) is 1. The molecule has 33 heavy (non-hydrogen) atoms. The van der Waals surface area contributed by atoms with Crippen LogP contribution in [0, 0.1) is 0 Å². The quantitative estimate of drug-likeness (QED) is 0.635. The zero-order chi connectivity index (χ0) is 23.6. The summed E-state index contributed by atoms with van der Waals surface area (Å²) in [6, 6.07) is 4.52. The van der Waals surface area contributed by atoms with Gasteiger partial charge >= 0.3 is 6.03 Å². The van der Waals surface area contributed by atoms with Crippen molar-refractivity contribution < 1.29 is 14.4 Å². The maximum atomic E-state index is 13.2. The maximum absolute atomic E-state index is 13.2. The Labute approximate surface area is 204 Å². The van der Waals surface area contributed by atoms with Gasteiger partial charge in [0.1, 0.15) is 5.54 Å². The third-order valence-electron chi connectivity index (χ3n) is 6.90. The van der Waals surface area contributed by atoms with E-state index >= 15 is 0 Å². The number of rotatable bonds is 5. The van der Waals surface area contributed by atoms with E-state index in [4.69, 9.17) is 23.2 Å². The predicted molar refractivity (Wildman–Crippen MR) is 127 cm³/mol. The monoisotopic (exact) mass is 495 g/mol. The first kappa shape index (κ1) is 24.3. The number of carbonyl (C=O) groups is 3. The molecule has 4 amide bonds. The number of imide groups is 1. The van der Waals surface area contributed by atoms with Crippen LogP contribution in [0.1, 0.15) is 38.2 Å². The molecule has 0 aliphatic carbocycles. The molecular weight excluding hydrogens is 465 g/mol. The minimum absolute atomic E-state index is 0.205. The SMILES string of the molecule is C[C@]1(c2ccc(Cl)c(Cl)c2)NC(=O)N(CN2CCN(CC(=O)N3CCCCCC3)CC2)C1=O. The van der Waals surface area contributed by atoms with Gasteiger partial charge in [-0.25, -0.2) is 9.69 Å². The van der Waals surface area contributed by atoms with Gasteiger partial charge in [-0.05, 0) is 37.5 Å². The second kappa shape index (κ2) is 10.2. The number of benzene rings is 1. The van der Waals surface area contributed by atoms with Crippen LogP contribution in [0.4, 0.5) is 4.79 Å². The molecule has 3 saturated heterocycles. The summed E-state index contributed by atoms with van der Waals surface area (Å²) in [6.45, 7) is 6.90. The van der Waals surface area contributed by atoms with E-state index in [1.54, 1.807) is 25.1 Å². The van der Waals surface area contributed by atoms with Crippen molar-refractivity contribution in [1.82, 2.24) is 24.9 Å². The normalized spacial score (nSPS) is 25.3. The number of likely N-dealkylation sites (tertiary alicyclic amines) is 1. The predicted octanol–water partition coefficient (Wildman–Crippen LogP) is 2.74. The molecule has 3 aliphatic heterocycles. The number of hydrogen-bond donors (Lipinski definition) is 1. The molecule has 1 N–H and O–H groups in total. The highest BCUT2D eigenvalue weighted by Gasteiger charge is 2.49. The van der Waals surface area contributed by atoms with Gasteiger partial charge in [-0.2, -0.15) is 0 Å². The number of piperazine rings is 1. The van der Waals surface area contributed by atoms with E-state index < -0.39 is 11.6 Å². The van der Waals surface area contributed by atoms with Gasteiger partial charge in [-0.15, -0.1) is 0 Å². The summed E-state index contributed by atoms with van der Waals surface area (Å²) in [4.78, 5) is 46.0. The van der Waals surface area contributed by atoms with Gasteiger partial charge in [0.25, 0.3) is 5.91 Å². The fraction of sp³-hybridized carbons (Fsp3) is 0.609. The van der Waals surface area contributed by atoms with Gasteiger partial charge in [0.15, 0.2) is 0 Å². The minimum Gasteiger partial charge on any atom is -0.342 e. The third-order valence-corrected chi connectivity index (χ3v) is 7.63. The number of urea groups is 1. The van der Waals surface area contributed by atoms with E-state index in [0.29, 0.717) is 35.2 Å². The Morgan fingerprint density at radius 2 is 1.58 bits per heavy atom. The van der Waals surface area contributed by atoms with E-state index in [1.165, 1.54) is 17.7 Å². The Bertz CT molecular complexity index is 913. The lowest BCUT2D eigenvalue weighted by Crippen LogP contribution is -2.53. The van der Waals surface area contributed by atoms with Gasteiger partial charge in [-0.1, -0.05) is 42.1 Å². The van der Waals surface area contributed by atoms with Crippen molar-refractivity contribution >= 4 is 41.0 Å². The van der Waals surface area contributed by atoms with E-state index in [1.807, 2.05) is 4.90 Å². The fourth-order valence-electron chi connectivity index (χ4n) is 4.73. The van der Waals surface area contributed by atoms with Crippen LogP contribution in [0.25, 0.3) is 0 Å². The Kier molecular flexibility index (Phi) is 7.48. The maximum Gasteiger partial charge on any atom is 0.326 e. The summed E-state index contributed by atoms with van der Waals surface area (Å²) in [6.07, 6.45) is 4.59. The van der Waals surface area contributed by atoms with Crippen molar-refractivity contribution in [3.63, 3.8) is 0 Å². The molecule has 1 aromatic rings. The second-order valence-corrected chi connectivity index (χ2v) is 10.1. The molecule has 0 bridgehead atoms. The summed E-state index contributed by atoms with van der Waals surface area (Å²) in [5, 5.41) is 3.54. The molecule has 3 heterocycles. The lowest BCUT2D eigenvalue weighted by molar-refractivity contribution is -0.133. The van der Waals surface area contributed by atoms with Crippen molar-refractivity contribution in [3.05, 3.63) is 33.8 Å². The summed E-state index contributed by atoms with van der Waals surface area (Å²) in [7, 11) is 0. The standard InChI is InChI=1S/C23H31Cl2N5O3/c1-23(17-6-7-18(24)19(25)14-17)21(32)30(22(33)26-23)16-28-12-10-27(11-13-28)15-20(31)29-8-4-2-3-5-9-29/h6-7,14H,2-5,8-13,15-16H2,1H3,(H,26,33)/t23-/m1/s1. The molecule has 1 atom stereocenters. The Hall–Kier alpha value is -1.87. The topological polar surface area (TPSA) is 76.2 Å². The van der Waals surface area contributed by atoms with Crippen molar-refractivity contribution in [1.29, 1.82) is 0 Å². The average molecular weight is 496 g/mol. The van der Waals surface area contributed by atoms with E-state index in [0.717, 1.165) is 39.0 Å². The van der Waals surface area contributed by atoms with Gasteiger partial charge in [0.2, 0.25) is 5.91 Å². The van der Waals surface area contributed by atoms with Crippen LogP contribution in [0.5, 0.6) is 0 Å². The Morgan fingerprint density at radius 1 is 0.939 bits per heavy atom. The first-order chi connectivity index (χ1) is 15.8. The second-order valence-electron chi connectivity index (χ2n) is 9.25. The molecule has 0 radical (unpaired) electrons. The largest absolute Gasteiger partial charge is 0.342 e. The smallest absolute Gasteiger partial charge is 0.326 e. The van der Waals surface area contributed by atoms with Crippen LogP contribution in [0.15, 0.2) is 18.2 Å².